The van der Waals surface area contributed by atoms with Crippen molar-refractivity contribution < 1.29 is 14.3 Å². The first kappa shape index (κ1) is 16.9. The molecule has 1 saturated heterocycles. The molecule has 0 spiro atoms. The fourth-order valence-corrected chi connectivity index (χ4v) is 2.22. The molecule has 0 aromatic heterocycles. The minimum atomic E-state index is -0.664. The van der Waals surface area contributed by atoms with Crippen LogP contribution >= 0.6 is 0 Å². The van der Waals surface area contributed by atoms with E-state index in [4.69, 9.17) is 10.6 Å². The Kier molecular flexibility index (Phi) is 5.91. The lowest BCUT2D eigenvalue weighted by molar-refractivity contribution is -0.139. The molecule has 0 saturated carbocycles. The number of hydrogen-bond acceptors (Lipinski definition) is 5. The zero-order valence-corrected chi connectivity index (χ0v) is 12.7. The molecular weight excluding hydrogens is 260 g/mol. The average Bonchev–Trinajstić information content (AvgIpc) is 2.36. The lowest BCUT2D eigenvalue weighted by Crippen LogP contribution is -2.58. The molecule has 0 radical (unpaired) electrons. The molecule has 2 amide bonds. The van der Waals surface area contributed by atoms with E-state index >= 15 is 0 Å². The monoisotopic (exact) mass is 286 g/mol. The number of hydrogen-bond donors (Lipinski definition) is 3. The number of morpholine rings is 1. The maximum Gasteiger partial charge on any atom is 0.240 e. The Balaban J connectivity index is 2.74. The third-order valence-electron chi connectivity index (χ3n) is 3.32. The Morgan fingerprint density at radius 2 is 2.10 bits per heavy atom. The van der Waals surface area contributed by atoms with Crippen LogP contribution in [-0.4, -0.2) is 55.1 Å². The van der Waals surface area contributed by atoms with Gasteiger partial charge in [-0.3, -0.25) is 19.9 Å². The van der Waals surface area contributed by atoms with Crippen molar-refractivity contribution in [2.24, 2.45) is 11.3 Å². The van der Waals surface area contributed by atoms with Gasteiger partial charge in [0.25, 0.3) is 0 Å². The van der Waals surface area contributed by atoms with Crippen LogP contribution in [0.1, 0.15) is 27.7 Å². The van der Waals surface area contributed by atoms with Gasteiger partial charge in [0.05, 0.1) is 18.6 Å². The molecule has 1 unspecified atom stereocenters. The minimum absolute atomic E-state index is 0.0661. The Morgan fingerprint density at radius 1 is 1.45 bits per heavy atom. The lowest BCUT2D eigenvalue weighted by atomic mass is 9.91. The maximum atomic E-state index is 12.2. The number of nitrogens with zero attached hydrogens (tertiary/aromatic N) is 1. The van der Waals surface area contributed by atoms with Gasteiger partial charge >= 0.3 is 0 Å². The molecular formula is C13H26N4O3. The average molecular weight is 286 g/mol. The summed E-state index contributed by atoms with van der Waals surface area (Å²) in [6.07, 6.45) is 0. The molecule has 1 fully saturated rings. The summed E-state index contributed by atoms with van der Waals surface area (Å²) in [6.45, 7) is 9.43. The van der Waals surface area contributed by atoms with Crippen LogP contribution < -0.4 is 16.6 Å². The quantitative estimate of drug-likeness (QED) is 0.350. The van der Waals surface area contributed by atoms with Crippen molar-refractivity contribution in [3.63, 3.8) is 0 Å². The number of nitrogens with one attached hydrogen (secondary N) is 2. The number of amides is 2. The van der Waals surface area contributed by atoms with Gasteiger partial charge in [-0.25, -0.2) is 5.84 Å². The summed E-state index contributed by atoms with van der Waals surface area (Å²) >= 11 is 0. The summed E-state index contributed by atoms with van der Waals surface area (Å²) in [4.78, 5) is 25.9. The highest BCUT2D eigenvalue weighted by Gasteiger charge is 2.36. The normalized spacial score (nSPS) is 20.8. The molecule has 1 atom stereocenters. The largest absolute Gasteiger partial charge is 0.378 e. The summed E-state index contributed by atoms with van der Waals surface area (Å²) in [6, 6.07) is -0.289. The van der Waals surface area contributed by atoms with Gasteiger partial charge in [0.1, 0.15) is 6.04 Å². The third-order valence-corrected chi connectivity index (χ3v) is 3.32. The highest BCUT2D eigenvalue weighted by Crippen LogP contribution is 2.20. The molecule has 0 bridgehead atoms. The summed E-state index contributed by atoms with van der Waals surface area (Å²) in [7, 11) is 0. The van der Waals surface area contributed by atoms with E-state index in [-0.39, 0.29) is 23.9 Å². The fourth-order valence-electron chi connectivity index (χ4n) is 2.22. The van der Waals surface area contributed by atoms with Crippen LogP contribution in [0, 0.1) is 5.41 Å². The van der Waals surface area contributed by atoms with Gasteiger partial charge < -0.3 is 10.1 Å². The SMILES string of the molecule is CC(C)NC(=O)C1COCCN1CC(C)(C)C(=O)NN. The summed E-state index contributed by atoms with van der Waals surface area (Å²) in [5.41, 5.74) is 1.51. The van der Waals surface area contributed by atoms with E-state index in [1.54, 1.807) is 0 Å². The van der Waals surface area contributed by atoms with Crippen LogP contribution in [0.5, 0.6) is 0 Å². The number of carbonyl (C=O) groups excluding carboxylic acids is 2. The van der Waals surface area contributed by atoms with E-state index in [0.29, 0.717) is 26.3 Å². The van der Waals surface area contributed by atoms with Gasteiger partial charge in [0.15, 0.2) is 0 Å². The predicted octanol–water partition coefficient (Wildman–Crippen LogP) is -0.772. The number of ether oxygens (including phenoxy) is 1. The van der Waals surface area contributed by atoms with Crippen LogP contribution in [0.4, 0.5) is 0 Å². The van der Waals surface area contributed by atoms with Crippen molar-refractivity contribution in [1.82, 2.24) is 15.6 Å². The van der Waals surface area contributed by atoms with E-state index in [1.165, 1.54) is 0 Å². The molecule has 0 aliphatic carbocycles. The molecule has 0 aromatic carbocycles. The van der Waals surface area contributed by atoms with Crippen molar-refractivity contribution in [2.75, 3.05) is 26.3 Å². The number of rotatable bonds is 5. The summed E-state index contributed by atoms with van der Waals surface area (Å²) in [5, 5.41) is 2.89. The summed E-state index contributed by atoms with van der Waals surface area (Å²) in [5.74, 6) is 4.89. The van der Waals surface area contributed by atoms with Crippen LogP contribution in [0.3, 0.4) is 0 Å². The van der Waals surface area contributed by atoms with Crippen molar-refractivity contribution in [3.05, 3.63) is 0 Å². The molecule has 0 aromatic rings. The van der Waals surface area contributed by atoms with Gasteiger partial charge in [0.2, 0.25) is 11.8 Å². The third kappa shape index (κ3) is 4.43. The van der Waals surface area contributed by atoms with Gasteiger partial charge in [-0.2, -0.15) is 0 Å². The molecule has 7 heteroatoms. The van der Waals surface area contributed by atoms with Crippen LogP contribution in [0.15, 0.2) is 0 Å². The minimum Gasteiger partial charge on any atom is -0.378 e. The summed E-state index contributed by atoms with van der Waals surface area (Å²) < 4.78 is 5.39. The van der Waals surface area contributed by atoms with Crippen molar-refractivity contribution in [2.45, 2.75) is 39.8 Å². The van der Waals surface area contributed by atoms with Gasteiger partial charge in [-0.15, -0.1) is 0 Å². The fraction of sp³-hybridized carbons (Fsp3) is 0.846. The maximum absolute atomic E-state index is 12.2. The van der Waals surface area contributed by atoms with Crippen molar-refractivity contribution in [1.29, 1.82) is 0 Å². The molecule has 1 rings (SSSR count). The van der Waals surface area contributed by atoms with E-state index in [2.05, 4.69) is 10.7 Å². The molecule has 20 heavy (non-hydrogen) atoms. The Hall–Kier alpha value is -1.18. The zero-order valence-electron chi connectivity index (χ0n) is 12.7. The number of hydrazine groups is 1. The second-order valence-electron chi connectivity index (χ2n) is 6.08. The Morgan fingerprint density at radius 3 is 2.65 bits per heavy atom. The lowest BCUT2D eigenvalue weighted by Gasteiger charge is -2.38. The topological polar surface area (TPSA) is 96.7 Å². The molecule has 116 valence electrons. The van der Waals surface area contributed by atoms with Crippen molar-refractivity contribution in [3.8, 4) is 0 Å². The first-order chi connectivity index (χ1) is 9.27. The van der Waals surface area contributed by atoms with E-state index in [0.717, 1.165) is 0 Å². The highest BCUT2D eigenvalue weighted by molar-refractivity contribution is 5.83. The Labute approximate surface area is 120 Å². The first-order valence-electron chi connectivity index (χ1n) is 6.91. The van der Waals surface area contributed by atoms with Crippen LogP contribution in [-0.2, 0) is 14.3 Å². The molecule has 1 heterocycles. The van der Waals surface area contributed by atoms with E-state index in [9.17, 15) is 9.59 Å². The van der Waals surface area contributed by atoms with Gasteiger partial charge in [-0.05, 0) is 27.7 Å². The molecule has 1 aliphatic heterocycles. The van der Waals surface area contributed by atoms with E-state index < -0.39 is 5.41 Å². The second kappa shape index (κ2) is 7.01. The van der Waals surface area contributed by atoms with Gasteiger partial charge in [0, 0.05) is 19.1 Å². The molecule has 7 nitrogen and oxygen atoms in total. The smallest absolute Gasteiger partial charge is 0.240 e. The van der Waals surface area contributed by atoms with Crippen molar-refractivity contribution >= 4 is 11.8 Å². The van der Waals surface area contributed by atoms with Gasteiger partial charge in [-0.1, -0.05) is 0 Å². The predicted molar refractivity (Wildman–Crippen MR) is 75.6 cm³/mol. The standard InChI is InChI=1S/C13H26N4O3/c1-9(2)15-11(18)10-7-20-6-5-17(10)8-13(3,4)12(19)16-14/h9-10H,5-8,14H2,1-4H3,(H,15,18)(H,16,19). The molecule has 1 aliphatic rings. The second-order valence-corrected chi connectivity index (χ2v) is 6.08. The first-order valence-corrected chi connectivity index (χ1v) is 6.91. The zero-order chi connectivity index (χ0) is 15.3. The number of nitrogens with two attached hydrogens (primary N) is 1. The highest BCUT2D eigenvalue weighted by atomic mass is 16.5. The van der Waals surface area contributed by atoms with Crippen LogP contribution in [0.2, 0.25) is 0 Å². The van der Waals surface area contributed by atoms with Crippen LogP contribution in [0.25, 0.3) is 0 Å². The Bertz CT molecular complexity index is 358. The van der Waals surface area contributed by atoms with E-state index in [1.807, 2.05) is 32.6 Å². The molecule has 4 N–H and O–H groups in total. The number of carbonyl (C=O) groups is 2.